The predicted octanol–water partition coefficient (Wildman–Crippen LogP) is 6.19. The van der Waals surface area contributed by atoms with Crippen molar-refractivity contribution in [2.45, 2.75) is 29.5 Å². The first-order valence-corrected chi connectivity index (χ1v) is 10.7. The zero-order chi connectivity index (χ0) is 24.8. The number of nitrogens with zero attached hydrogens (tertiary/aromatic N) is 3. The number of carboxylic acids is 1. The first-order valence-electron chi connectivity index (χ1n) is 9.39. The molecule has 0 amide bonds. The molecule has 0 bridgehead atoms. The molecular formula is C20H12ClF6N3O3S. The van der Waals surface area contributed by atoms with E-state index in [1.807, 2.05) is 0 Å². The lowest BCUT2D eigenvalue weighted by atomic mass is 10.0. The third-order valence-corrected chi connectivity index (χ3v) is 6.55. The number of hydrogen-bond donors (Lipinski definition) is 1. The Morgan fingerprint density at radius 3 is 2.44 bits per heavy atom. The van der Waals surface area contributed by atoms with Crippen molar-refractivity contribution < 1.29 is 41.0 Å². The summed E-state index contributed by atoms with van der Waals surface area (Å²) in [7, 11) is 0. The highest BCUT2D eigenvalue weighted by Gasteiger charge is 2.44. The summed E-state index contributed by atoms with van der Waals surface area (Å²) in [6.45, 7) is 0. The van der Waals surface area contributed by atoms with Crippen LogP contribution in [-0.2, 0) is 11.0 Å². The molecule has 0 radical (unpaired) electrons. The van der Waals surface area contributed by atoms with E-state index < -0.39 is 47.0 Å². The van der Waals surface area contributed by atoms with Gasteiger partial charge in [-0.25, -0.2) is 0 Å². The zero-order valence-electron chi connectivity index (χ0n) is 16.6. The summed E-state index contributed by atoms with van der Waals surface area (Å²) in [4.78, 5) is 11.5. The Labute approximate surface area is 196 Å². The number of rotatable bonds is 4. The summed E-state index contributed by atoms with van der Waals surface area (Å²) in [5, 5.41) is 14.1. The molecule has 14 heteroatoms. The van der Waals surface area contributed by atoms with Crippen molar-refractivity contribution >= 4 is 29.3 Å². The molecule has 0 aliphatic carbocycles. The van der Waals surface area contributed by atoms with E-state index in [-0.39, 0.29) is 27.7 Å². The topological polar surface area (TPSA) is 77.2 Å². The molecule has 0 spiro atoms. The quantitative estimate of drug-likeness (QED) is 0.411. The SMILES string of the molecule is O=C(O)C[C@@H]1S[C@@H](c2ccccc2OC(F)(F)F)c2cc(Cl)ccc2-n2c1nnc2C(F)(F)F. The van der Waals surface area contributed by atoms with Crippen molar-refractivity contribution in [1.29, 1.82) is 0 Å². The molecule has 1 aliphatic rings. The van der Waals surface area contributed by atoms with Crippen LogP contribution in [0.25, 0.3) is 5.69 Å². The highest BCUT2D eigenvalue weighted by molar-refractivity contribution is 8.00. The first-order chi connectivity index (χ1) is 15.8. The number of para-hydroxylation sites is 1. The molecule has 1 N–H and O–H groups in total. The van der Waals surface area contributed by atoms with Gasteiger partial charge in [-0.3, -0.25) is 9.36 Å². The van der Waals surface area contributed by atoms with Crippen LogP contribution in [0.3, 0.4) is 0 Å². The average molecular weight is 524 g/mol. The van der Waals surface area contributed by atoms with Crippen LogP contribution in [0.2, 0.25) is 5.02 Å². The van der Waals surface area contributed by atoms with E-state index in [4.69, 9.17) is 11.6 Å². The average Bonchev–Trinajstić information content (AvgIpc) is 3.11. The Bertz CT molecular complexity index is 1250. The van der Waals surface area contributed by atoms with Crippen molar-refractivity contribution in [2.24, 2.45) is 0 Å². The van der Waals surface area contributed by atoms with Gasteiger partial charge in [0.1, 0.15) is 5.75 Å². The second-order valence-corrected chi connectivity index (χ2v) is 8.86. The van der Waals surface area contributed by atoms with Gasteiger partial charge in [0.05, 0.1) is 22.6 Å². The zero-order valence-corrected chi connectivity index (χ0v) is 18.1. The molecule has 1 aliphatic heterocycles. The molecule has 0 fully saturated rings. The molecule has 2 heterocycles. The van der Waals surface area contributed by atoms with Gasteiger partial charge in [-0.2, -0.15) is 13.2 Å². The summed E-state index contributed by atoms with van der Waals surface area (Å²) in [6, 6.07) is 8.99. The smallest absolute Gasteiger partial charge is 0.481 e. The van der Waals surface area contributed by atoms with Gasteiger partial charge < -0.3 is 9.84 Å². The fourth-order valence-corrected chi connectivity index (χ4v) is 5.32. The molecule has 2 atom stereocenters. The number of hydrogen-bond acceptors (Lipinski definition) is 5. The number of thioether (sulfide) groups is 1. The van der Waals surface area contributed by atoms with E-state index in [1.54, 1.807) is 0 Å². The number of ether oxygens (including phenoxy) is 1. The number of halogens is 7. The van der Waals surface area contributed by atoms with Crippen molar-refractivity contribution in [3.63, 3.8) is 0 Å². The van der Waals surface area contributed by atoms with Crippen LogP contribution in [0, 0.1) is 0 Å². The Morgan fingerprint density at radius 2 is 1.79 bits per heavy atom. The highest BCUT2D eigenvalue weighted by Crippen LogP contribution is 2.53. The van der Waals surface area contributed by atoms with Gasteiger partial charge >= 0.3 is 18.5 Å². The third-order valence-electron chi connectivity index (χ3n) is 4.83. The fraction of sp³-hybridized carbons (Fsp3) is 0.250. The molecule has 0 saturated carbocycles. The maximum Gasteiger partial charge on any atom is 0.573 e. The predicted molar refractivity (Wildman–Crippen MR) is 109 cm³/mol. The third kappa shape index (κ3) is 4.80. The number of aliphatic carboxylic acids is 1. The highest BCUT2D eigenvalue weighted by atomic mass is 35.5. The van der Waals surface area contributed by atoms with E-state index in [1.165, 1.54) is 36.4 Å². The maximum atomic E-state index is 13.8. The Balaban J connectivity index is 2.00. The van der Waals surface area contributed by atoms with Gasteiger partial charge in [0.25, 0.3) is 0 Å². The van der Waals surface area contributed by atoms with Gasteiger partial charge in [-0.1, -0.05) is 29.8 Å². The van der Waals surface area contributed by atoms with Crippen LogP contribution in [0.4, 0.5) is 26.3 Å². The number of benzene rings is 2. The lowest BCUT2D eigenvalue weighted by Gasteiger charge is -2.23. The molecule has 0 saturated heterocycles. The van der Waals surface area contributed by atoms with E-state index in [0.29, 0.717) is 4.57 Å². The molecule has 4 rings (SSSR count). The largest absolute Gasteiger partial charge is 0.573 e. The van der Waals surface area contributed by atoms with Crippen molar-refractivity contribution in [1.82, 2.24) is 14.8 Å². The van der Waals surface area contributed by atoms with Crippen LogP contribution in [0.15, 0.2) is 42.5 Å². The molecular weight excluding hydrogens is 512 g/mol. The molecule has 6 nitrogen and oxygen atoms in total. The fourth-order valence-electron chi connectivity index (χ4n) is 3.62. The second kappa shape index (κ2) is 8.69. The summed E-state index contributed by atoms with van der Waals surface area (Å²) in [5.41, 5.74) is -0.0184. The summed E-state index contributed by atoms with van der Waals surface area (Å²) in [6.07, 6.45) is -10.7. The molecule has 2 aromatic carbocycles. The first kappa shape index (κ1) is 24.2. The molecule has 1 aromatic heterocycles. The molecule has 180 valence electrons. The van der Waals surface area contributed by atoms with Gasteiger partial charge in [-0.05, 0) is 29.8 Å². The minimum atomic E-state index is -5.04. The van der Waals surface area contributed by atoms with Gasteiger partial charge in [-0.15, -0.1) is 35.1 Å². The molecule has 0 unspecified atom stereocenters. The monoisotopic (exact) mass is 523 g/mol. The van der Waals surface area contributed by atoms with Crippen LogP contribution < -0.4 is 4.74 Å². The summed E-state index contributed by atoms with van der Waals surface area (Å²) >= 11 is 6.92. The molecule has 34 heavy (non-hydrogen) atoms. The van der Waals surface area contributed by atoms with E-state index in [9.17, 15) is 36.2 Å². The lowest BCUT2D eigenvalue weighted by molar-refractivity contribution is -0.274. The Morgan fingerprint density at radius 1 is 1.09 bits per heavy atom. The lowest BCUT2D eigenvalue weighted by Crippen LogP contribution is -2.19. The number of carboxylic acid groups (broad SMARTS) is 1. The normalized spacial score (nSPS) is 18.1. The maximum absolute atomic E-state index is 13.8. The van der Waals surface area contributed by atoms with Crippen molar-refractivity contribution in [3.05, 3.63) is 70.3 Å². The second-order valence-electron chi connectivity index (χ2n) is 7.11. The minimum absolute atomic E-state index is 0.0315. The number of alkyl halides is 6. The van der Waals surface area contributed by atoms with E-state index in [2.05, 4.69) is 14.9 Å². The Hall–Kier alpha value is -2.93. The van der Waals surface area contributed by atoms with Crippen molar-refractivity contribution in [2.75, 3.05) is 0 Å². The van der Waals surface area contributed by atoms with Crippen LogP contribution >= 0.6 is 23.4 Å². The van der Waals surface area contributed by atoms with Gasteiger partial charge in [0.15, 0.2) is 5.82 Å². The van der Waals surface area contributed by atoms with E-state index >= 15 is 0 Å². The van der Waals surface area contributed by atoms with E-state index in [0.717, 1.165) is 17.8 Å². The number of fused-ring (bicyclic) bond motifs is 3. The Kier molecular flexibility index (Phi) is 6.19. The van der Waals surface area contributed by atoms with Gasteiger partial charge in [0, 0.05) is 10.6 Å². The van der Waals surface area contributed by atoms with Crippen LogP contribution in [-0.4, -0.2) is 32.2 Å². The summed E-state index contributed by atoms with van der Waals surface area (Å²) in [5.74, 6) is -3.63. The molecule has 3 aromatic rings. The summed E-state index contributed by atoms with van der Waals surface area (Å²) < 4.78 is 85.3. The van der Waals surface area contributed by atoms with Crippen LogP contribution in [0.1, 0.15) is 39.7 Å². The number of aromatic nitrogens is 3. The van der Waals surface area contributed by atoms with Crippen LogP contribution in [0.5, 0.6) is 5.75 Å². The van der Waals surface area contributed by atoms with Crippen molar-refractivity contribution in [3.8, 4) is 11.4 Å². The van der Waals surface area contributed by atoms with Gasteiger partial charge in [0.2, 0.25) is 5.82 Å². The number of carbonyl (C=O) groups is 1. The standard InChI is InChI=1S/C20H12ClF6N3O3S/c21-9-5-6-12-11(7-9)16(10-3-1-2-4-13(10)33-20(25,26)27)34-14(8-15(31)32)17-28-29-18(30(12)17)19(22,23)24/h1-7,14,16H,8H2,(H,31,32)/t14-,16-/m0/s1. The minimum Gasteiger partial charge on any atom is -0.481 e.